The fourth-order valence-corrected chi connectivity index (χ4v) is 4.28. The normalized spacial score (nSPS) is 14.2. The molecule has 2 aromatic carbocycles. The Labute approximate surface area is 182 Å². The Bertz CT molecular complexity index is 1190. The number of nitrogens with zero attached hydrogens (tertiary/aromatic N) is 3. The summed E-state index contributed by atoms with van der Waals surface area (Å²) in [5, 5.41) is 0.508. The lowest BCUT2D eigenvalue weighted by molar-refractivity contribution is 0.0745. The zero-order valence-electron chi connectivity index (χ0n) is 18.6. The van der Waals surface area contributed by atoms with Gasteiger partial charge in [0.2, 0.25) is 5.43 Å². The number of hydrogen-bond donors (Lipinski definition) is 0. The van der Waals surface area contributed by atoms with E-state index in [9.17, 15) is 9.59 Å². The van der Waals surface area contributed by atoms with Gasteiger partial charge in [-0.1, -0.05) is 12.1 Å². The minimum Gasteiger partial charge on any atom is -0.494 e. The molecule has 0 bridgehead atoms. The standard InChI is InChI=1S/C25H29N3O3/c1-5-31-19-9-10-23-20(15-19)24(29)21(16-26(23)4)25(30)28-13-11-27(12-14-28)22-8-6-7-17(2)18(22)3/h6-10,15-16H,5,11-14H2,1-4H3. The lowest BCUT2D eigenvalue weighted by atomic mass is 10.1. The first-order valence-corrected chi connectivity index (χ1v) is 10.8. The SMILES string of the molecule is CCOc1ccc2c(c1)c(=O)c(C(=O)N1CCN(c3cccc(C)c3C)CC1)cn2C. The van der Waals surface area contributed by atoms with Crippen molar-refractivity contribution in [3.05, 3.63) is 69.5 Å². The first-order chi connectivity index (χ1) is 14.9. The van der Waals surface area contributed by atoms with Crippen molar-refractivity contribution in [1.82, 2.24) is 9.47 Å². The van der Waals surface area contributed by atoms with Gasteiger partial charge >= 0.3 is 0 Å². The molecule has 0 aliphatic carbocycles. The molecule has 3 aromatic rings. The molecule has 0 atom stereocenters. The van der Waals surface area contributed by atoms with E-state index in [1.54, 1.807) is 17.2 Å². The van der Waals surface area contributed by atoms with Crippen molar-refractivity contribution in [2.24, 2.45) is 7.05 Å². The Morgan fingerprint density at radius 3 is 2.52 bits per heavy atom. The van der Waals surface area contributed by atoms with Gasteiger partial charge in [-0.2, -0.15) is 0 Å². The molecule has 1 fully saturated rings. The zero-order chi connectivity index (χ0) is 22.1. The van der Waals surface area contributed by atoms with Crippen molar-refractivity contribution in [1.29, 1.82) is 0 Å². The maximum Gasteiger partial charge on any atom is 0.259 e. The topological polar surface area (TPSA) is 54.8 Å². The summed E-state index contributed by atoms with van der Waals surface area (Å²) in [7, 11) is 1.86. The van der Waals surface area contributed by atoms with Crippen LogP contribution < -0.4 is 15.1 Å². The molecule has 1 saturated heterocycles. The van der Waals surface area contributed by atoms with Crippen LogP contribution in [0.1, 0.15) is 28.4 Å². The van der Waals surface area contributed by atoms with Gasteiger partial charge in [-0.3, -0.25) is 9.59 Å². The highest BCUT2D eigenvalue weighted by atomic mass is 16.5. The summed E-state index contributed by atoms with van der Waals surface area (Å²) in [6, 6.07) is 11.8. The lowest BCUT2D eigenvalue weighted by Crippen LogP contribution is -2.49. The molecular formula is C25H29N3O3. The van der Waals surface area contributed by atoms with E-state index >= 15 is 0 Å². The van der Waals surface area contributed by atoms with Gasteiger partial charge < -0.3 is 19.1 Å². The zero-order valence-corrected chi connectivity index (χ0v) is 18.6. The number of carbonyl (C=O) groups is 1. The van der Waals surface area contributed by atoms with E-state index in [-0.39, 0.29) is 16.9 Å². The number of carbonyl (C=O) groups excluding carboxylic acids is 1. The highest BCUT2D eigenvalue weighted by Crippen LogP contribution is 2.24. The fourth-order valence-electron chi connectivity index (χ4n) is 4.28. The van der Waals surface area contributed by atoms with Crippen LogP contribution >= 0.6 is 0 Å². The first kappa shape index (κ1) is 21.0. The van der Waals surface area contributed by atoms with E-state index in [2.05, 4.69) is 36.9 Å². The number of aromatic nitrogens is 1. The number of ether oxygens (including phenoxy) is 1. The highest BCUT2D eigenvalue weighted by molar-refractivity contribution is 5.97. The second-order valence-electron chi connectivity index (χ2n) is 8.09. The predicted molar refractivity (Wildman–Crippen MR) is 124 cm³/mol. The first-order valence-electron chi connectivity index (χ1n) is 10.8. The molecule has 31 heavy (non-hydrogen) atoms. The van der Waals surface area contributed by atoms with Crippen molar-refractivity contribution in [2.45, 2.75) is 20.8 Å². The number of hydrogen-bond acceptors (Lipinski definition) is 4. The molecule has 162 valence electrons. The minimum atomic E-state index is -0.239. The summed E-state index contributed by atoms with van der Waals surface area (Å²) < 4.78 is 7.39. The van der Waals surface area contributed by atoms with Crippen LogP contribution in [0.5, 0.6) is 5.75 Å². The molecule has 1 aliphatic heterocycles. The van der Waals surface area contributed by atoms with Gasteiger partial charge in [0.05, 0.1) is 17.5 Å². The maximum absolute atomic E-state index is 13.3. The molecule has 0 unspecified atom stereocenters. The minimum absolute atomic E-state index is 0.204. The quantitative estimate of drug-likeness (QED) is 0.649. The third-order valence-corrected chi connectivity index (χ3v) is 6.19. The van der Waals surface area contributed by atoms with Crippen LogP contribution in [0.4, 0.5) is 5.69 Å². The number of benzene rings is 2. The third-order valence-electron chi connectivity index (χ3n) is 6.19. The van der Waals surface area contributed by atoms with Gasteiger partial charge in [0, 0.05) is 45.1 Å². The van der Waals surface area contributed by atoms with Gasteiger partial charge in [0.25, 0.3) is 5.91 Å². The van der Waals surface area contributed by atoms with Gasteiger partial charge in [-0.25, -0.2) is 0 Å². The lowest BCUT2D eigenvalue weighted by Gasteiger charge is -2.37. The molecule has 0 radical (unpaired) electrons. The molecular weight excluding hydrogens is 390 g/mol. The Kier molecular flexibility index (Phi) is 5.72. The second-order valence-corrected chi connectivity index (χ2v) is 8.09. The van der Waals surface area contributed by atoms with Gasteiger partial charge in [-0.15, -0.1) is 0 Å². The molecule has 1 amide bonds. The number of fused-ring (bicyclic) bond motifs is 1. The van der Waals surface area contributed by atoms with Crippen LogP contribution in [0.25, 0.3) is 10.9 Å². The predicted octanol–water partition coefficient (Wildman–Crippen LogP) is 3.52. The second kappa shape index (κ2) is 8.46. The number of aryl methyl sites for hydroxylation is 2. The molecule has 1 aromatic heterocycles. The van der Waals surface area contributed by atoms with E-state index in [1.807, 2.05) is 30.7 Å². The molecule has 0 N–H and O–H groups in total. The molecule has 4 rings (SSSR count). The summed E-state index contributed by atoms with van der Waals surface area (Å²) in [4.78, 5) is 30.5. The van der Waals surface area contributed by atoms with Crippen LogP contribution in [0.3, 0.4) is 0 Å². The smallest absolute Gasteiger partial charge is 0.259 e. The van der Waals surface area contributed by atoms with E-state index in [1.165, 1.54) is 16.8 Å². The van der Waals surface area contributed by atoms with Gasteiger partial charge in [0.15, 0.2) is 0 Å². The van der Waals surface area contributed by atoms with Crippen LogP contribution in [-0.4, -0.2) is 48.2 Å². The highest BCUT2D eigenvalue weighted by Gasteiger charge is 2.25. The van der Waals surface area contributed by atoms with E-state index in [0.717, 1.165) is 18.6 Å². The monoisotopic (exact) mass is 419 g/mol. The van der Waals surface area contributed by atoms with Crippen LogP contribution in [0.15, 0.2) is 47.4 Å². The summed E-state index contributed by atoms with van der Waals surface area (Å²) in [6.07, 6.45) is 1.66. The summed E-state index contributed by atoms with van der Waals surface area (Å²) in [5.74, 6) is 0.434. The maximum atomic E-state index is 13.3. The number of anilines is 1. The molecule has 0 spiro atoms. The van der Waals surface area contributed by atoms with Gasteiger partial charge in [0.1, 0.15) is 11.3 Å². The molecule has 1 aliphatic rings. The Morgan fingerprint density at radius 2 is 1.81 bits per heavy atom. The van der Waals surface area contributed by atoms with Crippen molar-refractivity contribution in [2.75, 3.05) is 37.7 Å². The average Bonchev–Trinajstić information content (AvgIpc) is 2.78. The van der Waals surface area contributed by atoms with Crippen molar-refractivity contribution < 1.29 is 9.53 Å². The number of rotatable bonds is 4. The summed E-state index contributed by atoms with van der Waals surface area (Å²) in [6.45, 7) is 9.35. The third kappa shape index (κ3) is 3.90. The van der Waals surface area contributed by atoms with Gasteiger partial charge in [-0.05, 0) is 56.2 Å². The number of amides is 1. The number of piperazine rings is 1. The Hall–Kier alpha value is -3.28. The number of pyridine rings is 1. The van der Waals surface area contributed by atoms with Crippen LogP contribution in [0.2, 0.25) is 0 Å². The van der Waals surface area contributed by atoms with Crippen molar-refractivity contribution in [3.63, 3.8) is 0 Å². The molecule has 2 heterocycles. The average molecular weight is 420 g/mol. The Morgan fingerprint density at radius 1 is 1.06 bits per heavy atom. The summed E-state index contributed by atoms with van der Waals surface area (Å²) in [5.41, 5.74) is 4.51. The molecule has 0 saturated carbocycles. The van der Waals surface area contributed by atoms with Crippen molar-refractivity contribution >= 4 is 22.5 Å². The van der Waals surface area contributed by atoms with Crippen molar-refractivity contribution in [3.8, 4) is 5.75 Å². The van der Waals surface area contributed by atoms with Crippen LogP contribution in [0, 0.1) is 13.8 Å². The Balaban J connectivity index is 1.58. The molecule has 6 heteroatoms. The van der Waals surface area contributed by atoms with Crippen LogP contribution in [-0.2, 0) is 7.05 Å². The van der Waals surface area contributed by atoms with E-state index in [0.29, 0.717) is 30.8 Å². The molecule has 6 nitrogen and oxygen atoms in total. The van der Waals surface area contributed by atoms with E-state index < -0.39 is 0 Å². The summed E-state index contributed by atoms with van der Waals surface area (Å²) >= 11 is 0. The fraction of sp³-hybridized carbons (Fsp3) is 0.360. The largest absolute Gasteiger partial charge is 0.494 e. The van der Waals surface area contributed by atoms with E-state index in [4.69, 9.17) is 4.74 Å².